The Balaban J connectivity index is 4.96. The molecule has 29 heavy (non-hydrogen) atoms. The Bertz CT molecular complexity index is 573. The van der Waals surface area contributed by atoms with E-state index in [4.69, 9.17) is 5.73 Å². The molecule has 11 heteroatoms. The molecule has 3 amide bonds. The molecule has 0 bridgehead atoms. The van der Waals surface area contributed by atoms with Crippen LogP contribution in [0, 0.1) is 5.92 Å². The molecule has 168 valence electrons. The van der Waals surface area contributed by atoms with Gasteiger partial charge >= 0.3 is 5.97 Å². The molecule has 10 nitrogen and oxygen atoms in total. The lowest BCUT2D eigenvalue weighted by molar-refractivity contribution is -0.143. The first-order valence-corrected chi connectivity index (χ1v) is 10.9. The van der Waals surface area contributed by atoms with E-state index in [-0.39, 0.29) is 12.3 Å². The second-order valence-corrected chi connectivity index (χ2v) is 8.36. The molecule has 0 aromatic rings. The number of aliphatic carboxylic acids is 1. The maximum absolute atomic E-state index is 12.4. The van der Waals surface area contributed by atoms with Gasteiger partial charge in [-0.2, -0.15) is 11.8 Å². The number of hydrogen-bond acceptors (Lipinski definition) is 7. The van der Waals surface area contributed by atoms with Crippen molar-refractivity contribution in [3.05, 3.63) is 0 Å². The normalized spacial score (nSPS) is 16.3. The van der Waals surface area contributed by atoms with Crippen molar-refractivity contribution in [2.75, 3.05) is 12.0 Å². The lowest BCUT2D eigenvalue weighted by Gasteiger charge is -2.25. The molecule has 0 heterocycles. The van der Waals surface area contributed by atoms with Crippen LogP contribution < -0.4 is 21.7 Å². The van der Waals surface area contributed by atoms with Crippen molar-refractivity contribution in [3.8, 4) is 0 Å². The zero-order chi connectivity index (χ0) is 22.7. The van der Waals surface area contributed by atoms with E-state index in [2.05, 4.69) is 16.0 Å². The number of aliphatic hydroxyl groups excluding tert-OH is 1. The van der Waals surface area contributed by atoms with Crippen molar-refractivity contribution in [3.63, 3.8) is 0 Å². The summed E-state index contributed by atoms with van der Waals surface area (Å²) in [6.07, 6.45) is 1.18. The van der Waals surface area contributed by atoms with E-state index >= 15 is 0 Å². The third kappa shape index (κ3) is 10.5. The summed E-state index contributed by atoms with van der Waals surface area (Å²) < 4.78 is 0. The number of nitrogens with one attached hydrogen (secondary N) is 3. The standard InChI is InChI=1S/C18H34N4O6S/c1-9(2)8-12(19)16(25)20-10(3)15(24)22-14(11(4)23)17(26)21-13(18(27)28)6-7-29-5/h9-14,23H,6-8,19H2,1-5H3,(H,20,25)(H,21,26)(H,22,24)(H,27,28). The van der Waals surface area contributed by atoms with E-state index in [1.165, 1.54) is 25.6 Å². The molecule has 0 aliphatic carbocycles. The maximum Gasteiger partial charge on any atom is 0.326 e. The summed E-state index contributed by atoms with van der Waals surface area (Å²) in [7, 11) is 0. The topological polar surface area (TPSA) is 171 Å². The van der Waals surface area contributed by atoms with Crippen molar-refractivity contribution in [2.24, 2.45) is 11.7 Å². The minimum Gasteiger partial charge on any atom is -0.480 e. The van der Waals surface area contributed by atoms with Crippen LogP contribution in [0.3, 0.4) is 0 Å². The minimum absolute atomic E-state index is 0.197. The van der Waals surface area contributed by atoms with Crippen molar-refractivity contribution in [2.45, 2.75) is 70.8 Å². The van der Waals surface area contributed by atoms with Crippen LogP contribution in [-0.2, 0) is 19.2 Å². The number of aliphatic hydroxyl groups is 1. The average Bonchev–Trinajstić information content (AvgIpc) is 2.61. The van der Waals surface area contributed by atoms with Crippen molar-refractivity contribution in [1.29, 1.82) is 0 Å². The lowest BCUT2D eigenvalue weighted by Crippen LogP contribution is -2.59. The Labute approximate surface area is 175 Å². The molecule has 0 radical (unpaired) electrons. The molecular formula is C18H34N4O6S. The van der Waals surface area contributed by atoms with Crippen LogP contribution in [0.4, 0.5) is 0 Å². The molecule has 5 unspecified atom stereocenters. The van der Waals surface area contributed by atoms with Crippen LogP contribution in [0.2, 0.25) is 0 Å². The van der Waals surface area contributed by atoms with Gasteiger partial charge in [0.15, 0.2) is 0 Å². The summed E-state index contributed by atoms with van der Waals surface area (Å²) in [6, 6.07) is -4.28. The summed E-state index contributed by atoms with van der Waals surface area (Å²) >= 11 is 1.43. The second-order valence-electron chi connectivity index (χ2n) is 7.37. The van der Waals surface area contributed by atoms with Gasteiger partial charge in [-0.3, -0.25) is 14.4 Å². The first-order valence-electron chi connectivity index (χ1n) is 9.47. The van der Waals surface area contributed by atoms with E-state index in [0.717, 1.165) is 0 Å². The molecule has 0 fully saturated rings. The van der Waals surface area contributed by atoms with Gasteiger partial charge in [-0.1, -0.05) is 13.8 Å². The first-order chi connectivity index (χ1) is 13.4. The highest BCUT2D eigenvalue weighted by atomic mass is 32.2. The Hall–Kier alpha value is -1.85. The first kappa shape index (κ1) is 27.1. The SMILES string of the molecule is CSCCC(NC(=O)C(NC(=O)C(C)NC(=O)C(N)CC(C)C)C(C)O)C(=O)O. The van der Waals surface area contributed by atoms with Crippen molar-refractivity contribution in [1.82, 2.24) is 16.0 Å². The monoisotopic (exact) mass is 434 g/mol. The van der Waals surface area contributed by atoms with Gasteiger partial charge in [-0.15, -0.1) is 0 Å². The third-order valence-electron chi connectivity index (χ3n) is 4.10. The fourth-order valence-corrected chi connectivity index (χ4v) is 2.91. The third-order valence-corrected chi connectivity index (χ3v) is 4.75. The Morgan fingerprint density at radius 3 is 2.00 bits per heavy atom. The largest absolute Gasteiger partial charge is 0.480 e. The summed E-state index contributed by atoms with van der Waals surface area (Å²) in [5.74, 6) is -2.51. The van der Waals surface area contributed by atoms with E-state index in [0.29, 0.717) is 12.2 Å². The molecule has 0 aliphatic rings. The van der Waals surface area contributed by atoms with Crippen molar-refractivity contribution >= 4 is 35.5 Å². The molecule has 0 rings (SSSR count). The van der Waals surface area contributed by atoms with Gasteiger partial charge in [0.2, 0.25) is 17.7 Å². The number of carboxylic acid groups (broad SMARTS) is 1. The van der Waals surface area contributed by atoms with E-state index in [9.17, 15) is 29.4 Å². The number of hydrogen-bond donors (Lipinski definition) is 6. The lowest BCUT2D eigenvalue weighted by atomic mass is 10.0. The highest BCUT2D eigenvalue weighted by molar-refractivity contribution is 7.98. The van der Waals surface area contributed by atoms with E-state index in [1.807, 2.05) is 20.1 Å². The van der Waals surface area contributed by atoms with Gasteiger partial charge in [-0.05, 0) is 44.6 Å². The molecule has 0 aliphatic heterocycles. The summed E-state index contributed by atoms with van der Waals surface area (Å²) in [4.78, 5) is 48.1. The molecule has 0 saturated heterocycles. The predicted molar refractivity (Wildman–Crippen MR) is 111 cm³/mol. The van der Waals surface area contributed by atoms with Crippen LogP contribution in [0.1, 0.15) is 40.5 Å². The molecular weight excluding hydrogens is 400 g/mol. The maximum atomic E-state index is 12.4. The average molecular weight is 435 g/mol. The quantitative estimate of drug-likeness (QED) is 0.215. The molecule has 5 atom stereocenters. The number of carbonyl (C=O) groups excluding carboxylic acids is 3. The Morgan fingerprint density at radius 1 is 0.966 bits per heavy atom. The zero-order valence-electron chi connectivity index (χ0n) is 17.6. The van der Waals surface area contributed by atoms with Gasteiger partial charge < -0.3 is 31.9 Å². The number of thioether (sulfide) groups is 1. The Kier molecular flexibility index (Phi) is 12.5. The second kappa shape index (κ2) is 13.4. The van der Waals surface area contributed by atoms with Crippen LogP contribution in [0.25, 0.3) is 0 Å². The van der Waals surface area contributed by atoms with Crippen LogP contribution in [0.5, 0.6) is 0 Å². The van der Waals surface area contributed by atoms with Crippen LogP contribution >= 0.6 is 11.8 Å². The summed E-state index contributed by atoms with van der Waals surface area (Å²) in [5.41, 5.74) is 5.78. The van der Waals surface area contributed by atoms with Crippen LogP contribution in [0.15, 0.2) is 0 Å². The number of amides is 3. The number of rotatable bonds is 13. The molecule has 0 spiro atoms. The molecule has 0 saturated carbocycles. The van der Waals surface area contributed by atoms with Gasteiger partial charge in [0.25, 0.3) is 0 Å². The van der Waals surface area contributed by atoms with Gasteiger partial charge in [0.05, 0.1) is 12.1 Å². The molecule has 0 aromatic heterocycles. The van der Waals surface area contributed by atoms with Gasteiger partial charge in [-0.25, -0.2) is 4.79 Å². The summed E-state index contributed by atoms with van der Waals surface area (Å²) in [5, 5.41) is 26.2. The fraction of sp³-hybridized carbons (Fsp3) is 0.778. The van der Waals surface area contributed by atoms with E-state index < -0.39 is 54.0 Å². The smallest absolute Gasteiger partial charge is 0.326 e. The molecule has 0 aromatic carbocycles. The van der Waals surface area contributed by atoms with Gasteiger partial charge in [0, 0.05) is 0 Å². The highest BCUT2D eigenvalue weighted by Gasteiger charge is 2.31. The van der Waals surface area contributed by atoms with Crippen LogP contribution in [-0.4, -0.2) is 76.2 Å². The van der Waals surface area contributed by atoms with E-state index in [1.54, 1.807) is 0 Å². The highest BCUT2D eigenvalue weighted by Crippen LogP contribution is 2.04. The minimum atomic E-state index is -1.37. The van der Waals surface area contributed by atoms with Crippen molar-refractivity contribution < 1.29 is 29.4 Å². The number of carboxylic acids is 1. The number of carbonyl (C=O) groups is 4. The summed E-state index contributed by atoms with van der Waals surface area (Å²) in [6.45, 7) is 6.55. The number of nitrogens with two attached hydrogens (primary N) is 1. The zero-order valence-corrected chi connectivity index (χ0v) is 18.4. The van der Waals surface area contributed by atoms with Gasteiger partial charge in [0.1, 0.15) is 18.1 Å². The fourth-order valence-electron chi connectivity index (χ4n) is 2.44. The Morgan fingerprint density at radius 2 is 1.55 bits per heavy atom. The molecule has 7 N–H and O–H groups in total. The predicted octanol–water partition coefficient (Wildman–Crippen LogP) is -0.947.